The molecule has 0 bridgehead atoms. The predicted octanol–water partition coefficient (Wildman–Crippen LogP) is 3.09. The Hall–Kier alpha value is -1.76. The van der Waals surface area contributed by atoms with Gasteiger partial charge in [0.05, 0.1) is 14.2 Å². The molecule has 4 unspecified atom stereocenters. The van der Waals surface area contributed by atoms with Crippen molar-refractivity contribution >= 4 is 0 Å². The van der Waals surface area contributed by atoms with E-state index in [1.807, 2.05) is 0 Å². The van der Waals surface area contributed by atoms with Crippen LogP contribution in [0.5, 0.6) is 0 Å². The highest BCUT2D eigenvalue weighted by atomic mass is 16.5. The fourth-order valence-corrected chi connectivity index (χ4v) is 5.46. The molecule has 1 aliphatic heterocycles. The number of hydrogen-bond acceptors (Lipinski definition) is 6. The minimum absolute atomic E-state index is 0.166. The fraction of sp³-hybridized carbons (Fsp3) is 0.636. The number of nitrogens with zero attached hydrogens (tertiary/aromatic N) is 1. The molecule has 1 N–H and O–H groups in total. The summed E-state index contributed by atoms with van der Waals surface area (Å²) in [4.78, 5) is 2.43. The van der Waals surface area contributed by atoms with Gasteiger partial charge >= 0.3 is 0 Å². The van der Waals surface area contributed by atoms with Gasteiger partial charge in [0.1, 0.15) is 18.0 Å². The molecule has 4 aliphatic rings. The average molecular weight is 389 g/mol. The molecule has 6 heteroatoms. The number of hydrogen-bond donors (Lipinski definition) is 1. The van der Waals surface area contributed by atoms with Crippen molar-refractivity contribution < 1.29 is 24.1 Å². The molecule has 1 fully saturated rings. The van der Waals surface area contributed by atoms with E-state index in [0.717, 1.165) is 43.4 Å². The van der Waals surface area contributed by atoms with Crippen molar-refractivity contribution in [2.75, 3.05) is 42.0 Å². The van der Waals surface area contributed by atoms with Crippen LogP contribution in [0.2, 0.25) is 0 Å². The third-order valence-electron chi connectivity index (χ3n) is 6.80. The number of ether oxygens (including phenoxy) is 4. The Kier molecular flexibility index (Phi) is 5.29. The third-order valence-corrected chi connectivity index (χ3v) is 6.80. The van der Waals surface area contributed by atoms with Crippen molar-refractivity contribution in [1.29, 1.82) is 0 Å². The van der Waals surface area contributed by atoms with E-state index in [-0.39, 0.29) is 23.9 Å². The molecule has 1 heterocycles. The van der Waals surface area contributed by atoms with Crippen LogP contribution in [0.25, 0.3) is 0 Å². The van der Waals surface area contributed by atoms with Gasteiger partial charge in [0.2, 0.25) is 0 Å². The molecule has 0 aromatic carbocycles. The molecule has 0 radical (unpaired) electrons. The summed E-state index contributed by atoms with van der Waals surface area (Å²) in [6.45, 7) is 1.03. The smallest absolute Gasteiger partial charge is 0.198 e. The van der Waals surface area contributed by atoms with Crippen LogP contribution >= 0.6 is 0 Å². The van der Waals surface area contributed by atoms with Crippen molar-refractivity contribution in [3.63, 3.8) is 0 Å². The second kappa shape index (κ2) is 7.58. The zero-order chi connectivity index (χ0) is 20.0. The van der Waals surface area contributed by atoms with Crippen molar-refractivity contribution in [2.45, 2.75) is 43.9 Å². The zero-order valence-corrected chi connectivity index (χ0v) is 17.4. The van der Waals surface area contributed by atoms with E-state index in [2.05, 4.69) is 18.0 Å². The summed E-state index contributed by atoms with van der Waals surface area (Å²) in [7, 11) is 8.85. The molecule has 28 heavy (non-hydrogen) atoms. The number of rotatable bonds is 4. The SMILES string of the molecule is COC1=C(OC)C(O)=C2C3=C4C(=CC(OC)C3OC)CCN(C)C4CCC2C1. The van der Waals surface area contributed by atoms with Crippen LogP contribution in [0.4, 0.5) is 0 Å². The van der Waals surface area contributed by atoms with Crippen molar-refractivity contribution in [3.05, 3.63) is 45.6 Å². The van der Waals surface area contributed by atoms with Gasteiger partial charge in [-0.05, 0) is 55.0 Å². The Morgan fingerprint density at radius 3 is 2.43 bits per heavy atom. The molecule has 0 amide bonds. The Morgan fingerprint density at radius 1 is 1.00 bits per heavy atom. The maximum atomic E-state index is 11.3. The first-order valence-corrected chi connectivity index (χ1v) is 10.0. The van der Waals surface area contributed by atoms with Gasteiger partial charge < -0.3 is 24.1 Å². The van der Waals surface area contributed by atoms with E-state index in [4.69, 9.17) is 18.9 Å². The highest BCUT2D eigenvalue weighted by molar-refractivity contribution is 5.59. The van der Waals surface area contributed by atoms with Crippen LogP contribution in [0.1, 0.15) is 25.7 Å². The van der Waals surface area contributed by atoms with Gasteiger partial charge in [0, 0.05) is 38.8 Å². The van der Waals surface area contributed by atoms with Gasteiger partial charge in [-0.2, -0.15) is 0 Å². The van der Waals surface area contributed by atoms with Crippen molar-refractivity contribution in [1.82, 2.24) is 4.90 Å². The molecule has 154 valence electrons. The van der Waals surface area contributed by atoms with E-state index in [1.165, 1.54) is 11.1 Å². The minimum Gasteiger partial charge on any atom is -0.504 e. The number of methoxy groups -OCH3 is 4. The summed E-state index contributed by atoms with van der Waals surface area (Å²) in [6, 6.07) is 0.327. The minimum atomic E-state index is -0.252. The van der Waals surface area contributed by atoms with Crippen LogP contribution in [0.15, 0.2) is 45.6 Å². The van der Waals surface area contributed by atoms with Gasteiger partial charge in [-0.15, -0.1) is 0 Å². The summed E-state index contributed by atoms with van der Waals surface area (Å²) in [6.07, 6.45) is 5.53. The van der Waals surface area contributed by atoms with E-state index in [1.54, 1.807) is 28.4 Å². The molecule has 4 rings (SSSR count). The number of aliphatic hydroxyl groups excluding tert-OH is 1. The molecule has 0 spiro atoms. The summed E-state index contributed by atoms with van der Waals surface area (Å²) in [5.41, 5.74) is 4.69. The lowest BCUT2D eigenvalue weighted by molar-refractivity contribution is 0.00535. The molecule has 0 aromatic heterocycles. The quantitative estimate of drug-likeness (QED) is 0.797. The maximum absolute atomic E-state index is 11.3. The summed E-state index contributed by atoms with van der Waals surface area (Å²) < 4.78 is 22.9. The number of piperidine rings is 1. The number of likely N-dealkylation sites (N-methyl/N-ethyl adjacent to an activating group) is 1. The van der Waals surface area contributed by atoms with Gasteiger partial charge in [0.25, 0.3) is 0 Å². The molecule has 6 nitrogen and oxygen atoms in total. The van der Waals surface area contributed by atoms with E-state index >= 15 is 0 Å². The third kappa shape index (κ3) is 2.81. The molecule has 1 saturated heterocycles. The number of allylic oxidation sites excluding steroid dienone is 1. The Bertz CT molecular complexity index is 778. The van der Waals surface area contributed by atoms with Crippen LogP contribution in [0.3, 0.4) is 0 Å². The highest BCUT2D eigenvalue weighted by Crippen LogP contribution is 2.50. The van der Waals surface area contributed by atoms with Crippen LogP contribution < -0.4 is 0 Å². The van der Waals surface area contributed by atoms with Gasteiger partial charge in [-0.3, -0.25) is 4.90 Å². The first-order chi connectivity index (χ1) is 13.5. The predicted molar refractivity (Wildman–Crippen MR) is 106 cm³/mol. The number of likely N-dealkylation sites (tertiary alicyclic amines) is 1. The Labute approximate surface area is 167 Å². The second-order valence-corrected chi connectivity index (χ2v) is 8.02. The molecule has 4 atom stereocenters. The normalized spacial score (nSPS) is 33.2. The number of aliphatic hydroxyl groups is 1. The van der Waals surface area contributed by atoms with E-state index < -0.39 is 0 Å². The van der Waals surface area contributed by atoms with E-state index in [9.17, 15) is 5.11 Å². The van der Waals surface area contributed by atoms with Gasteiger partial charge in [-0.1, -0.05) is 0 Å². The summed E-state index contributed by atoms with van der Waals surface area (Å²) in [5.74, 6) is 1.50. The molecule has 0 saturated carbocycles. The van der Waals surface area contributed by atoms with E-state index in [0.29, 0.717) is 17.6 Å². The lowest BCUT2D eigenvalue weighted by Crippen LogP contribution is -2.44. The van der Waals surface area contributed by atoms with Crippen LogP contribution in [0, 0.1) is 5.92 Å². The molecule has 0 aromatic rings. The second-order valence-electron chi connectivity index (χ2n) is 8.02. The molecular formula is C22H31NO5. The topological polar surface area (TPSA) is 60.4 Å². The Balaban J connectivity index is 1.98. The summed E-state index contributed by atoms with van der Waals surface area (Å²) >= 11 is 0. The molecular weight excluding hydrogens is 358 g/mol. The number of fused-ring (bicyclic) bond motifs is 2. The average Bonchev–Trinajstić information content (AvgIpc) is 2.88. The van der Waals surface area contributed by atoms with Gasteiger partial charge in [0.15, 0.2) is 11.5 Å². The highest BCUT2D eigenvalue weighted by Gasteiger charge is 2.46. The van der Waals surface area contributed by atoms with Crippen LogP contribution in [-0.4, -0.2) is 70.3 Å². The Morgan fingerprint density at radius 2 is 1.79 bits per heavy atom. The van der Waals surface area contributed by atoms with Gasteiger partial charge in [-0.25, -0.2) is 0 Å². The standard InChI is InChI=1S/C22H31NO5/c1-23-9-8-13-11-15(25-2)21(27-4)19-17(13)14(23)7-6-12-10-16(26-3)22(28-5)20(24)18(12)19/h11-12,14-15,21,24H,6-10H2,1-5H3. The van der Waals surface area contributed by atoms with Crippen molar-refractivity contribution in [2.24, 2.45) is 5.92 Å². The fourth-order valence-electron chi connectivity index (χ4n) is 5.46. The lowest BCUT2D eigenvalue weighted by atomic mass is 9.74. The maximum Gasteiger partial charge on any atom is 0.198 e. The first kappa shape index (κ1) is 19.6. The van der Waals surface area contributed by atoms with Crippen LogP contribution in [-0.2, 0) is 18.9 Å². The zero-order valence-electron chi connectivity index (χ0n) is 17.4. The monoisotopic (exact) mass is 389 g/mol. The first-order valence-electron chi connectivity index (χ1n) is 10.0. The lowest BCUT2D eigenvalue weighted by Gasteiger charge is -2.42. The largest absolute Gasteiger partial charge is 0.504 e. The molecule has 3 aliphatic carbocycles. The van der Waals surface area contributed by atoms with Crippen molar-refractivity contribution in [3.8, 4) is 0 Å². The summed E-state index contributed by atoms with van der Waals surface area (Å²) in [5, 5.41) is 11.3.